The first-order chi connectivity index (χ1) is 15.4. The highest BCUT2D eigenvalue weighted by atomic mass is 32.2. The number of anilines is 1. The van der Waals surface area contributed by atoms with Crippen LogP contribution in [0.15, 0.2) is 77.6 Å². The number of oxazole rings is 1. The molecule has 160 valence electrons. The van der Waals surface area contributed by atoms with Crippen molar-refractivity contribution >= 4 is 28.1 Å². The van der Waals surface area contributed by atoms with Gasteiger partial charge in [0.1, 0.15) is 12.0 Å². The van der Waals surface area contributed by atoms with Gasteiger partial charge < -0.3 is 9.52 Å². The van der Waals surface area contributed by atoms with Gasteiger partial charge in [-0.25, -0.2) is 4.79 Å². The van der Waals surface area contributed by atoms with Gasteiger partial charge in [0.25, 0.3) is 5.91 Å². The van der Waals surface area contributed by atoms with Crippen LogP contribution >= 0.6 is 0 Å². The number of aromatic carboxylic acids is 1. The number of carboxylic acid groups (broad SMARTS) is 1. The summed E-state index contributed by atoms with van der Waals surface area (Å²) in [6, 6.07) is 17.1. The minimum atomic E-state index is -4.39. The highest BCUT2D eigenvalue weighted by Gasteiger charge is 2.37. The van der Waals surface area contributed by atoms with Gasteiger partial charge in [-0.2, -0.15) is 17.7 Å². The molecule has 1 aromatic heterocycles. The highest BCUT2D eigenvalue weighted by Crippen LogP contribution is 2.27. The quantitative estimate of drug-likeness (QED) is 0.608. The van der Waals surface area contributed by atoms with Crippen LogP contribution in [-0.2, 0) is 21.4 Å². The van der Waals surface area contributed by atoms with Crippen LogP contribution in [0.4, 0.5) is 6.01 Å². The number of aromatic nitrogens is 1. The fourth-order valence-corrected chi connectivity index (χ4v) is 3.98. The number of amides is 1. The topological polar surface area (TPSA) is 121 Å². The zero-order valence-electron chi connectivity index (χ0n) is 16.4. The molecule has 0 saturated carbocycles. The van der Waals surface area contributed by atoms with Gasteiger partial charge in [0.2, 0.25) is 0 Å². The zero-order valence-corrected chi connectivity index (χ0v) is 17.2. The van der Waals surface area contributed by atoms with E-state index in [1.165, 1.54) is 18.4 Å². The zero-order chi connectivity index (χ0) is 22.7. The molecule has 0 radical (unpaired) electrons. The smallest absolute Gasteiger partial charge is 0.347 e. The van der Waals surface area contributed by atoms with Crippen LogP contribution in [0.3, 0.4) is 0 Å². The first-order valence-corrected chi connectivity index (χ1v) is 10.6. The van der Waals surface area contributed by atoms with Crippen molar-refractivity contribution in [2.24, 2.45) is 0 Å². The predicted octanol–water partition coefficient (Wildman–Crippen LogP) is 2.65. The van der Waals surface area contributed by atoms with E-state index in [9.17, 15) is 18.0 Å². The fourth-order valence-electron chi connectivity index (χ4n) is 2.84. The highest BCUT2D eigenvalue weighted by molar-refractivity contribution is 7.91. The molecule has 0 saturated heterocycles. The Morgan fingerprint density at radius 3 is 2.50 bits per heavy atom. The van der Waals surface area contributed by atoms with Crippen LogP contribution in [0.1, 0.15) is 15.9 Å². The third-order valence-electron chi connectivity index (χ3n) is 4.46. The Morgan fingerprint density at radius 1 is 1.09 bits per heavy atom. The first kappa shape index (κ1) is 20.9. The summed E-state index contributed by atoms with van der Waals surface area (Å²) < 4.78 is 32.4. The lowest BCUT2D eigenvalue weighted by Gasteiger charge is -2.25. The molecule has 3 aromatic rings. The fraction of sp³-hybridized carbons (Fsp3) is 0.0455. The maximum absolute atomic E-state index is 12.9. The molecule has 32 heavy (non-hydrogen) atoms. The molecule has 1 N–H and O–H groups in total. The third kappa shape index (κ3) is 4.10. The summed E-state index contributed by atoms with van der Waals surface area (Å²) in [5.41, 5.74) is 1.96. The molecule has 0 aliphatic carbocycles. The van der Waals surface area contributed by atoms with Crippen molar-refractivity contribution < 1.29 is 27.5 Å². The second kappa shape index (κ2) is 8.41. The molecule has 2 aromatic carbocycles. The molecule has 2 heterocycles. The minimum absolute atomic E-state index is 0.111. The summed E-state index contributed by atoms with van der Waals surface area (Å²) in [6.45, 7) is 0. The Hall–Kier alpha value is -4.36. The van der Waals surface area contributed by atoms with E-state index in [-0.39, 0.29) is 18.0 Å². The van der Waals surface area contributed by atoms with Gasteiger partial charge in [0.15, 0.2) is 0 Å². The molecule has 10 heteroatoms. The lowest BCUT2D eigenvalue weighted by atomic mass is 10.1. The van der Waals surface area contributed by atoms with Crippen molar-refractivity contribution in [2.45, 2.75) is 6.42 Å². The minimum Gasteiger partial charge on any atom is -0.478 e. The summed E-state index contributed by atoms with van der Waals surface area (Å²) in [5.74, 6) is 0.743. The van der Waals surface area contributed by atoms with Gasteiger partial charge in [-0.3, -0.25) is 4.79 Å². The SMILES string of the molecule is O=C(O)c1ccc(CC#CN2C(=O)C=CN(c3nc(-c4ccccc4)co3)S2(=O)=O)cc1. The van der Waals surface area contributed by atoms with Crippen LogP contribution in [0.25, 0.3) is 11.3 Å². The Kier molecular flexibility index (Phi) is 5.49. The maximum atomic E-state index is 12.9. The Bertz CT molecular complexity index is 1370. The van der Waals surface area contributed by atoms with E-state index in [1.54, 1.807) is 24.3 Å². The number of hydrogen-bond donors (Lipinski definition) is 1. The molecule has 0 bridgehead atoms. The van der Waals surface area contributed by atoms with Crippen molar-refractivity contribution in [2.75, 3.05) is 4.31 Å². The van der Waals surface area contributed by atoms with Crippen LogP contribution < -0.4 is 4.31 Å². The van der Waals surface area contributed by atoms with Gasteiger partial charge in [-0.1, -0.05) is 48.4 Å². The molecule has 1 aliphatic heterocycles. The lowest BCUT2D eigenvalue weighted by molar-refractivity contribution is -0.119. The van der Waals surface area contributed by atoms with Crippen LogP contribution in [0.5, 0.6) is 0 Å². The van der Waals surface area contributed by atoms with E-state index in [0.717, 1.165) is 22.1 Å². The van der Waals surface area contributed by atoms with Gasteiger partial charge in [-0.05, 0) is 17.7 Å². The Morgan fingerprint density at radius 2 is 1.81 bits per heavy atom. The molecule has 0 atom stereocenters. The third-order valence-corrected chi connectivity index (χ3v) is 5.96. The molecule has 9 nitrogen and oxygen atoms in total. The number of carboxylic acids is 1. The summed E-state index contributed by atoms with van der Waals surface area (Å²) >= 11 is 0. The van der Waals surface area contributed by atoms with E-state index >= 15 is 0 Å². The van der Waals surface area contributed by atoms with Crippen LogP contribution in [0, 0.1) is 12.0 Å². The largest absolute Gasteiger partial charge is 0.478 e. The van der Waals surface area contributed by atoms with Gasteiger partial charge >= 0.3 is 22.2 Å². The average Bonchev–Trinajstić information content (AvgIpc) is 3.26. The van der Waals surface area contributed by atoms with E-state index in [0.29, 0.717) is 15.6 Å². The van der Waals surface area contributed by atoms with Crippen molar-refractivity contribution in [3.63, 3.8) is 0 Å². The number of benzene rings is 2. The average molecular weight is 449 g/mol. The van der Waals surface area contributed by atoms with E-state index in [4.69, 9.17) is 9.52 Å². The predicted molar refractivity (Wildman–Crippen MR) is 114 cm³/mol. The number of hydrogen-bond acceptors (Lipinski definition) is 6. The maximum Gasteiger partial charge on any atom is 0.347 e. The summed E-state index contributed by atoms with van der Waals surface area (Å²) in [5, 5.41) is 8.93. The molecule has 1 amide bonds. The van der Waals surface area contributed by atoms with Crippen molar-refractivity contribution in [3.05, 3.63) is 84.3 Å². The monoisotopic (exact) mass is 449 g/mol. The molecular weight excluding hydrogens is 434 g/mol. The molecule has 4 rings (SSSR count). The van der Waals surface area contributed by atoms with E-state index in [2.05, 4.69) is 16.9 Å². The molecule has 0 unspecified atom stereocenters. The normalized spacial score (nSPS) is 14.7. The van der Waals surface area contributed by atoms with Crippen LogP contribution in [0.2, 0.25) is 0 Å². The second-order valence-corrected chi connectivity index (χ2v) is 8.22. The van der Waals surface area contributed by atoms with Crippen molar-refractivity contribution in [3.8, 4) is 23.2 Å². The summed E-state index contributed by atoms with van der Waals surface area (Å²) in [4.78, 5) is 27.3. The first-order valence-electron chi connectivity index (χ1n) is 9.25. The van der Waals surface area contributed by atoms with Crippen LogP contribution in [-0.4, -0.2) is 34.7 Å². The number of carbonyl (C=O) groups is 2. The standard InChI is InChI=1S/C22H15N3O6S/c26-20-12-14-25(22-23-19(15-31-22)17-6-2-1-3-7-17)32(29,30)24(20)13-4-5-16-8-10-18(11-9-16)21(27)28/h1-3,6-12,14-15H,5H2,(H,27,28). The van der Waals surface area contributed by atoms with Gasteiger partial charge in [0.05, 0.1) is 5.56 Å². The number of nitrogens with zero attached hydrogens (tertiary/aromatic N) is 3. The van der Waals surface area contributed by atoms with Gasteiger partial charge in [-0.15, -0.1) is 4.31 Å². The molecule has 1 aliphatic rings. The summed E-state index contributed by atoms with van der Waals surface area (Å²) in [6.07, 6.45) is 3.53. The lowest BCUT2D eigenvalue weighted by Crippen LogP contribution is -2.45. The Balaban J connectivity index is 1.56. The second-order valence-electron chi connectivity index (χ2n) is 6.57. The van der Waals surface area contributed by atoms with E-state index < -0.39 is 22.1 Å². The summed E-state index contributed by atoms with van der Waals surface area (Å²) in [7, 11) is -4.39. The van der Waals surface area contributed by atoms with Gasteiger partial charge in [0, 0.05) is 30.3 Å². The van der Waals surface area contributed by atoms with Crippen molar-refractivity contribution in [1.29, 1.82) is 0 Å². The Labute approximate surface area is 183 Å². The number of carbonyl (C=O) groups excluding carboxylic acids is 1. The molecular formula is C22H15N3O6S. The molecule has 0 fully saturated rings. The number of rotatable bonds is 4. The van der Waals surface area contributed by atoms with Crippen molar-refractivity contribution in [1.82, 2.24) is 9.29 Å². The molecule has 0 spiro atoms. The van der Waals surface area contributed by atoms with E-state index in [1.807, 2.05) is 18.2 Å².